The van der Waals surface area contributed by atoms with Gasteiger partial charge in [0.05, 0.1) is 0 Å². The number of unbranched alkanes of at least 4 members (excludes halogenated alkanes) is 2. The van der Waals surface area contributed by atoms with Gasteiger partial charge < -0.3 is 5.32 Å². The number of hydrogen-bond donors (Lipinski definition) is 1. The van der Waals surface area contributed by atoms with Crippen molar-refractivity contribution in [1.29, 1.82) is 0 Å². The Kier molecular flexibility index (Phi) is 8.70. The summed E-state index contributed by atoms with van der Waals surface area (Å²) in [5, 5.41) is 2.96. The minimum atomic E-state index is 0.224. The zero-order valence-corrected chi connectivity index (χ0v) is 9.94. The van der Waals surface area contributed by atoms with E-state index < -0.39 is 0 Å². The van der Waals surface area contributed by atoms with Crippen LogP contribution in [0.3, 0.4) is 0 Å². The lowest BCUT2D eigenvalue weighted by Gasteiger charge is -2.06. The highest BCUT2D eigenvalue weighted by Gasteiger charge is 2.00. The van der Waals surface area contributed by atoms with E-state index in [1.54, 1.807) is 0 Å². The van der Waals surface area contributed by atoms with Gasteiger partial charge in [-0.3, -0.25) is 4.79 Å². The lowest BCUT2D eigenvalue weighted by Crippen LogP contribution is -2.24. The predicted molar refractivity (Wildman–Crippen MR) is 61.2 cm³/mol. The van der Waals surface area contributed by atoms with E-state index in [2.05, 4.69) is 26.1 Å². The number of amides is 1. The van der Waals surface area contributed by atoms with Crippen LogP contribution in [0.25, 0.3) is 0 Å². The predicted octanol–water partition coefficient (Wildman–Crippen LogP) is 3.12. The molecule has 0 bridgehead atoms. The molecule has 0 aliphatic rings. The van der Waals surface area contributed by atoms with Crippen molar-refractivity contribution in [3.05, 3.63) is 0 Å². The van der Waals surface area contributed by atoms with Gasteiger partial charge in [-0.15, -0.1) is 0 Å². The third-order valence-electron chi connectivity index (χ3n) is 2.29. The summed E-state index contributed by atoms with van der Waals surface area (Å²) in [6.45, 7) is 7.43. The van der Waals surface area contributed by atoms with Gasteiger partial charge in [-0.2, -0.15) is 0 Å². The lowest BCUT2D eigenvalue weighted by molar-refractivity contribution is -0.121. The fourth-order valence-corrected chi connectivity index (χ4v) is 1.36. The second kappa shape index (κ2) is 9.04. The van der Waals surface area contributed by atoms with Gasteiger partial charge in [0.2, 0.25) is 5.91 Å². The topological polar surface area (TPSA) is 29.1 Å². The average molecular weight is 199 g/mol. The Labute approximate surface area is 88.5 Å². The first-order valence-electron chi connectivity index (χ1n) is 5.93. The molecule has 0 saturated carbocycles. The minimum Gasteiger partial charge on any atom is -0.356 e. The SMILES string of the molecule is CCCCCC(=O)NCCCC(C)C. The molecule has 2 heteroatoms. The molecule has 0 aliphatic heterocycles. The molecular formula is C12H25NO. The molecule has 0 atom stereocenters. The van der Waals surface area contributed by atoms with Crippen molar-refractivity contribution in [2.24, 2.45) is 5.92 Å². The van der Waals surface area contributed by atoms with Crippen LogP contribution in [0.4, 0.5) is 0 Å². The standard InChI is InChI=1S/C12H25NO/c1-4-5-6-9-12(14)13-10-7-8-11(2)3/h11H,4-10H2,1-3H3,(H,13,14). The Balaban J connectivity index is 3.18. The van der Waals surface area contributed by atoms with Crippen molar-refractivity contribution in [2.45, 2.75) is 59.3 Å². The van der Waals surface area contributed by atoms with Crippen molar-refractivity contribution in [1.82, 2.24) is 5.32 Å². The normalized spacial score (nSPS) is 10.6. The van der Waals surface area contributed by atoms with Crippen molar-refractivity contribution in [3.8, 4) is 0 Å². The molecule has 14 heavy (non-hydrogen) atoms. The maximum absolute atomic E-state index is 11.3. The summed E-state index contributed by atoms with van der Waals surface area (Å²) in [6.07, 6.45) is 6.40. The molecule has 0 aliphatic carbocycles. The molecule has 0 fully saturated rings. The molecule has 0 spiro atoms. The van der Waals surface area contributed by atoms with Gasteiger partial charge in [0.15, 0.2) is 0 Å². The van der Waals surface area contributed by atoms with Crippen LogP contribution in [0, 0.1) is 5.92 Å². The highest BCUT2D eigenvalue weighted by molar-refractivity contribution is 5.75. The van der Waals surface area contributed by atoms with Crippen LogP contribution in [0.15, 0.2) is 0 Å². The smallest absolute Gasteiger partial charge is 0.219 e. The van der Waals surface area contributed by atoms with Crippen LogP contribution < -0.4 is 5.32 Å². The molecule has 0 heterocycles. The summed E-state index contributed by atoms with van der Waals surface area (Å²) < 4.78 is 0. The number of nitrogens with one attached hydrogen (secondary N) is 1. The molecule has 0 unspecified atom stereocenters. The monoisotopic (exact) mass is 199 g/mol. The summed E-state index contributed by atoms with van der Waals surface area (Å²) in [4.78, 5) is 11.3. The number of rotatable bonds is 8. The van der Waals surface area contributed by atoms with Gasteiger partial charge in [0.1, 0.15) is 0 Å². The van der Waals surface area contributed by atoms with E-state index in [1.165, 1.54) is 19.3 Å². The van der Waals surface area contributed by atoms with E-state index in [4.69, 9.17) is 0 Å². The van der Waals surface area contributed by atoms with Crippen molar-refractivity contribution in [2.75, 3.05) is 6.54 Å². The molecule has 1 N–H and O–H groups in total. The van der Waals surface area contributed by atoms with E-state index in [9.17, 15) is 4.79 Å². The second-order valence-corrected chi connectivity index (χ2v) is 4.34. The summed E-state index contributed by atoms with van der Waals surface area (Å²) in [7, 11) is 0. The van der Waals surface area contributed by atoms with Crippen molar-refractivity contribution in [3.63, 3.8) is 0 Å². The van der Waals surface area contributed by atoms with Crippen molar-refractivity contribution < 1.29 is 4.79 Å². The van der Waals surface area contributed by atoms with E-state index in [0.717, 1.165) is 25.3 Å². The van der Waals surface area contributed by atoms with E-state index in [0.29, 0.717) is 6.42 Å². The van der Waals surface area contributed by atoms with Crippen LogP contribution in [-0.2, 0) is 4.79 Å². The Hall–Kier alpha value is -0.530. The van der Waals surface area contributed by atoms with E-state index >= 15 is 0 Å². The molecule has 84 valence electrons. The Morgan fingerprint density at radius 3 is 2.50 bits per heavy atom. The maximum atomic E-state index is 11.3. The van der Waals surface area contributed by atoms with Gasteiger partial charge in [-0.1, -0.05) is 33.6 Å². The fourth-order valence-electron chi connectivity index (χ4n) is 1.36. The van der Waals surface area contributed by atoms with Crippen LogP contribution in [-0.4, -0.2) is 12.5 Å². The van der Waals surface area contributed by atoms with Crippen LogP contribution >= 0.6 is 0 Å². The number of carbonyl (C=O) groups is 1. The molecule has 0 aromatic carbocycles. The summed E-state index contributed by atoms with van der Waals surface area (Å²) >= 11 is 0. The molecular weight excluding hydrogens is 174 g/mol. The molecule has 1 amide bonds. The van der Waals surface area contributed by atoms with Crippen LogP contribution in [0.1, 0.15) is 59.3 Å². The Morgan fingerprint density at radius 2 is 1.93 bits per heavy atom. The largest absolute Gasteiger partial charge is 0.356 e. The van der Waals surface area contributed by atoms with Crippen LogP contribution in [0.2, 0.25) is 0 Å². The van der Waals surface area contributed by atoms with Gasteiger partial charge >= 0.3 is 0 Å². The van der Waals surface area contributed by atoms with E-state index in [-0.39, 0.29) is 5.91 Å². The van der Waals surface area contributed by atoms with Crippen LogP contribution in [0.5, 0.6) is 0 Å². The lowest BCUT2D eigenvalue weighted by atomic mass is 10.1. The van der Waals surface area contributed by atoms with Gasteiger partial charge in [-0.25, -0.2) is 0 Å². The van der Waals surface area contributed by atoms with Gasteiger partial charge in [0.25, 0.3) is 0 Å². The maximum Gasteiger partial charge on any atom is 0.219 e. The summed E-state index contributed by atoms with van der Waals surface area (Å²) in [6, 6.07) is 0. The fraction of sp³-hybridized carbons (Fsp3) is 0.917. The number of carbonyl (C=O) groups excluding carboxylic acids is 1. The first-order chi connectivity index (χ1) is 6.66. The highest BCUT2D eigenvalue weighted by atomic mass is 16.1. The summed E-state index contributed by atoms with van der Waals surface area (Å²) in [5.74, 6) is 0.967. The molecule has 0 aromatic rings. The molecule has 0 saturated heterocycles. The average Bonchev–Trinajstić information content (AvgIpc) is 2.13. The Bertz CT molecular complexity index is 143. The van der Waals surface area contributed by atoms with E-state index in [1.807, 2.05) is 0 Å². The first-order valence-corrected chi connectivity index (χ1v) is 5.93. The third kappa shape index (κ3) is 9.56. The molecule has 2 nitrogen and oxygen atoms in total. The first kappa shape index (κ1) is 13.5. The zero-order chi connectivity index (χ0) is 10.8. The minimum absolute atomic E-state index is 0.224. The summed E-state index contributed by atoms with van der Waals surface area (Å²) in [5.41, 5.74) is 0. The van der Waals surface area contributed by atoms with Crippen molar-refractivity contribution >= 4 is 5.91 Å². The number of hydrogen-bond acceptors (Lipinski definition) is 1. The molecule has 0 aromatic heterocycles. The zero-order valence-electron chi connectivity index (χ0n) is 9.94. The Morgan fingerprint density at radius 1 is 1.21 bits per heavy atom. The molecule has 0 rings (SSSR count). The van der Waals surface area contributed by atoms with Gasteiger partial charge in [-0.05, 0) is 25.2 Å². The third-order valence-corrected chi connectivity index (χ3v) is 2.29. The second-order valence-electron chi connectivity index (χ2n) is 4.34. The van der Waals surface area contributed by atoms with Gasteiger partial charge in [0, 0.05) is 13.0 Å². The highest BCUT2D eigenvalue weighted by Crippen LogP contribution is 2.02. The molecule has 0 radical (unpaired) electrons. The quantitative estimate of drug-likeness (QED) is 0.598.